The summed E-state index contributed by atoms with van der Waals surface area (Å²) < 4.78 is 21.6. The van der Waals surface area contributed by atoms with Gasteiger partial charge in [0, 0.05) is 0 Å². The molecule has 0 bridgehead atoms. The van der Waals surface area contributed by atoms with E-state index in [4.69, 9.17) is 20.3 Å². The number of aliphatic hydroxyl groups is 2. The predicted molar refractivity (Wildman–Crippen MR) is 90.8 cm³/mol. The van der Waals surface area contributed by atoms with Gasteiger partial charge >= 0.3 is 111 Å². The molecule has 1 fully saturated rings. The molecule has 1 aliphatic rings. The van der Waals surface area contributed by atoms with Crippen molar-refractivity contribution in [3.63, 3.8) is 0 Å². The third kappa shape index (κ3) is 5.51. The zero-order valence-electron chi connectivity index (χ0n) is 11.9. The Labute approximate surface area is 230 Å². The number of phosphoric ester groups is 1. The standard InChI is InChI=1S/C10H14N5O8P.2K.2H/c11-10-13-7-4(8(18)14-10)12-2-15(7)9-6(17)5(16)3(23-9)1-22-24(19,20)21;;;;/h2-3,5-6,9,16-17H,1H2,(H2,19,20,21)(H3,11,13,14,18);;;;/t3-,5-,6-,9-;;;;/m1..../s1. The van der Waals surface area contributed by atoms with Crippen LogP contribution >= 0.6 is 7.82 Å². The van der Waals surface area contributed by atoms with E-state index in [9.17, 15) is 19.6 Å². The monoisotopic (exact) mass is 443 g/mol. The quantitative estimate of drug-likeness (QED) is 0.199. The van der Waals surface area contributed by atoms with Gasteiger partial charge in [-0.25, -0.2) is 9.55 Å². The van der Waals surface area contributed by atoms with Crippen LogP contribution in [0, 0.1) is 0 Å². The number of aromatic amines is 1. The molecule has 0 radical (unpaired) electrons. The van der Waals surface area contributed by atoms with Crippen molar-refractivity contribution in [2.75, 3.05) is 12.3 Å². The number of nitrogens with two attached hydrogens (primary N) is 1. The van der Waals surface area contributed by atoms with E-state index in [-0.39, 0.29) is 120 Å². The Hall–Kier alpha value is 1.41. The van der Waals surface area contributed by atoms with Crippen LogP contribution in [0.3, 0.4) is 0 Å². The van der Waals surface area contributed by atoms with Gasteiger partial charge in [0.2, 0.25) is 5.95 Å². The number of imidazole rings is 1. The number of nitrogens with one attached hydrogen (secondary N) is 1. The molecule has 0 spiro atoms. The molecule has 1 saturated heterocycles. The van der Waals surface area contributed by atoms with Crippen molar-refractivity contribution >= 4 is 128 Å². The molecule has 3 heterocycles. The van der Waals surface area contributed by atoms with Crippen molar-refractivity contribution in [3.8, 4) is 0 Å². The second-order valence-corrected chi connectivity index (χ2v) is 6.35. The van der Waals surface area contributed by atoms with Crippen LogP contribution in [0.15, 0.2) is 11.1 Å². The van der Waals surface area contributed by atoms with Crippen LogP contribution in [0.4, 0.5) is 5.95 Å². The maximum absolute atomic E-state index is 11.7. The van der Waals surface area contributed by atoms with Gasteiger partial charge in [-0.2, -0.15) is 4.98 Å². The van der Waals surface area contributed by atoms with Crippen LogP contribution in [0.5, 0.6) is 0 Å². The van der Waals surface area contributed by atoms with Crippen molar-refractivity contribution in [1.29, 1.82) is 0 Å². The molecule has 3 rings (SSSR count). The molecule has 0 aromatic carbocycles. The first kappa shape index (κ1) is 25.4. The average molecular weight is 443 g/mol. The number of anilines is 1. The summed E-state index contributed by atoms with van der Waals surface area (Å²) in [7, 11) is -4.76. The Bertz CT molecular complexity index is 871. The minimum absolute atomic E-state index is 0. The summed E-state index contributed by atoms with van der Waals surface area (Å²) in [6.07, 6.45) is -4.22. The van der Waals surface area contributed by atoms with E-state index in [2.05, 4.69) is 19.5 Å². The van der Waals surface area contributed by atoms with Crippen LogP contribution in [0.2, 0.25) is 0 Å². The van der Waals surface area contributed by atoms with E-state index in [1.54, 1.807) is 0 Å². The number of fused-ring (bicyclic) bond motifs is 1. The number of nitrogens with zero attached hydrogens (tertiary/aromatic N) is 3. The fourth-order valence-electron chi connectivity index (χ4n) is 2.40. The first-order valence-electron chi connectivity index (χ1n) is 6.61. The number of hydrogen-bond acceptors (Lipinski definition) is 9. The van der Waals surface area contributed by atoms with Gasteiger partial charge < -0.3 is 30.5 Å². The SMILES string of the molecule is Nc1nc2c(ncn2[C@@H]2O[C@H](COP(=O)(O)O)[C@@H](O)[C@H]2O)c(=O)[nH]1.[KH].[KH]. The third-order valence-corrected chi connectivity index (χ3v) is 3.95. The van der Waals surface area contributed by atoms with Gasteiger partial charge in [0.05, 0.1) is 12.9 Å². The molecule has 13 nitrogen and oxygen atoms in total. The Kier molecular flexibility index (Phi) is 9.74. The molecule has 16 heteroatoms. The molecule has 0 unspecified atom stereocenters. The normalized spacial score (nSPS) is 25.7. The molecule has 136 valence electrons. The second-order valence-electron chi connectivity index (χ2n) is 5.11. The zero-order valence-corrected chi connectivity index (χ0v) is 12.8. The van der Waals surface area contributed by atoms with Crippen molar-refractivity contribution in [1.82, 2.24) is 19.5 Å². The fourth-order valence-corrected chi connectivity index (χ4v) is 2.74. The molecule has 7 N–H and O–H groups in total. The van der Waals surface area contributed by atoms with E-state index in [1.165, 1.54) is 10.9 Å². The van der Waals surface area contributed by atoms with Gasteiger partial charge in [-0.1, -0.05) is 0 Å². The summed E-state index contributed by atoms with van der Waals surface area (Å²) >= 11 is 0. The maximum atomic E-state index is 11.7. The zero-order chi connectivity index (χ0) is 17.6. The Morgan fingerprint density at radius 1 is 1.35 bits per heavy atom. The topological polar surface area (TPSA) is 206 Å². The average Bonchev–Trinajstić information content (AvgIpc) is 3.00. The van der Waals surface area contributed by atoms with Crippen molar-refractivity contribution in [2.24, 2.45) is 0 Å². The molecular weight excluding hydrogens is 427 g/mol. The van der Waals surface area contributed by atoms with Crippen LogP contribution in [0.1, 0.15) is 6.23 Å². The van der Waals surface area contributed by atoms with Crippen LogP contribution in [0.25, 0.3) is 11.2 Å². The summed E-state index contributed by atoms with van der Waals surface area (Å²) in [4.78, 5) is 39.1. The molecule has 2 aromatic heterocycles. The van der Waals surface area contributed by atoms with Gasteiger partial charge in [-0.3, -0.25) is 18.9 Å². The van der Waals surface area contributed by atoms with E-state index in [0.717, 1.165) is 0 Å². The van der Waals surface area contributed by atoms with Crippen molar-refractivity contribution < 1.29 is 33.8 Å². The Morgan fingerprint density at radius 3 is 2.62 bits per heavy atom. The molecule has 0 aliphatic carbocycles. The Balaban J connectivity index is 0.00000169. The van der Waals surface area contributed by atoms with Crippen LogP contribution in [-0.2, 0) is 13.8 Å². The molecule has 0 amide bonds. The third-order valence-electron chi connectivity index (χ3n) is 3.47. The van der Waals surface area contributed by atoms with Crippen molar-refractivity contribution in [2.45, 2.75) is 24.5 Å². The number of ether oxygens (including phenoxy) is 1. The van der Waals surface area contributed by atoms with Crippen LogP contribution < -0.4 is 11.3 Å². The first-order chi connectivity index (χ1) is 11.2. The molecular formula is C10H16K2N5O8P. The Morgan fingerprint density at radius 2 is 2.00 bits per heavy atom. The summed E-state index contributed by atoms with van der Waals surface area (Å²) in [6, 6.07) is 0. The van der Waals surface area contributed by atoms with Gasteiger partial charge in [0.25, 0.3) is 5.56 Å². The van der Waals surface area contributed by atoms with E-state index < -0.39 is 44.5 Å². The summed E-state index contributed by atoms with van der Waals surface area (Å²) in [5, 5.41) is 20.1. The van der Waals surface area contributed by atoms with Gasteiger partial charge in [-0.05, 0) is 0 Å². The number of hydrogen-bond donors (Lipinski definition) is 6. The fraction of sp³-hybridized carbons (Fsp3) is 0.500. The number of rotatable bonds is 4. The molecule has 26 heavy (non-hydrogen) atoms. The van der Waals surface area contributed by atoms with Gasteiger partial charge in [0.1, 0.15) is 18.3 Å². The van der Waals surface area contributed by atoms with E-state index in [1.807, 2.05) is 0 Å². The number of phosphoric acid groups is 1. The molecule has 2 aromatic rings. The van der Waals surface area contributed by atoms with E-state index >= 15 is 0 Å². The number of H-pyrrole nitrogens is 1. The summed E-state index contributed by atoms with van der Waals surface area (Å²) in [6.45, 7) is -0.651. The summed E-state index contributed by atoms with van der Waals surface area (Å²) in [5.41, 5.74) is 4.84. The number of nitrogen functional groups attached to an aromatic ring is 1. The van der Waals surface area contributed by atoms with Crippen LogP contribution in [-0.4, -0.2) is 167 Å². The second kappa shape index (κ2) is 9.95. The number of aliphatic hydroxyl groups excluding tert-OH is 2. The number of aromatic nitrogens is 4. The van der Waals surface area contributed by atoms with E-state index in [0.29, 0.717) is 0 Å². The minimum atomic E-state index is -4.76. The van der Waals surface area contributed by atoms with Gasteiger partial charge in [0.15, 0.2) is 17.4 Å². The van der Waals surface area contributed by atoms with Crippen molar-refractivity contribution in [3.05, 3.63) is 16.7 Å². The van der Waals surface area contributed by atoms with Gasteiger partial charge in [-0.15, -0.1) is 0 Å². The molecule has 0 saturated carbocycles. The molecule has 4 atom stereocenters. The first-order valence-corrected chi connectivity index (χ1v) is 8.14. The summed E-state index contributed by atoms with van der Waals surface area (Å²) in [5.74, 6) is -0.177. The predicted octanol–water partition coefficient (Wildman–Crippen LogP) is -3.87. The molecule has 1 aliphatic heterocycles.